The maximum absolute atomic E-state index is 13.1. The van der Waals surface area contributed by atoms with Gasteiger partial charge in [-0.3, -0.25) is 4.90 Å². The van der Waals surface area contributed by atoms with Crippen molar-refractivity contribution >= 4 is 10.0 Å². The van der Waals surface area contributed by atoms with Gasteiger partial charge in [0.05, 0.1) is 18.0 Å². The lowest BCUT2D eigenvalue weighted by Gasteiger charge is -2.35. The van der Waals surface area contributed by atoms with E-state index in [1.807, 2.05) is 13.8 Å². The van der Waals surface area contributed by atoms with Gasteiger partial charge in [0.15, 0.2) is 0 Å². The molecule has 2 atom stereocenters. The van der Waals surface area contributed by atoms with Crippen LogP contribution in [-0.4, -0.2) is 51.7 Å². The molecular formula is C15H23FN2O3S. The number of hydrogen-bond acceptors (Lipinski definition) is 4. The second kappa shape index (κ2) is 7.50. The minimum Gasteiger partial charge on any atom is -0.373 e. The summed E-state index contributed by atoms with van der Waals surface area (Å²) in [6.45, 7) is 6.61. The first kappa shape index (κ1) is 17.3. The zero-order valence-corrected chi connectivity index (χ0v) is 13.8. The third-order valence-corrected chi connectivity index (χ3v) is 4.85. The number of ether oxygens (including phenoxy) is 1. The van der Waals surface area contributed by atoms with Crippen LogP contribution in [0.25, 0.3) is 0 Å². The van der Waals surface area contributed by atoms with Crippen molar-refractivity contribution in [1.82, 2.24) is 9.62 Å². The van der Waals surface area contributed by atoms with Gasteiger partial charge in [-0.25, -0.2) is 17.5 Å². The Hall–Kier alpha value is -1.02. The highest BCUT2D eigenvalue weighted by molar-refractivity contribution is 7.88. The van der Waals surface area contributed by atoms with Crippen LogP contribution in [0.1, 0.15) is 19.4 Å². The van der Waals surface area contributed by atoms with Crippen molar-refractivity contribution in [3.8, 4) is 0 Å². The molecule has 1 N–H and O–H groups in total. The van der Waals surface area contributed by atoms with Gasteiger partial charge in [0.1, 0.15) is 5.82 Å². The van der Waals surface area contributed by atoms with Gasteiger partial charge >= 0.3 is 0 Å². The van der Waals surface area contributed by atoms with E-state index in [0.717, 1.165) is 13.1 Å². The van der Waals surface area contributed by atoms with E-state index in [9.17, 15) is 12.8 Å². The van der Waals surface area contributed by atoms with E-state index in [2.05, 4.69) is 9.62 Å². The number of sulfonamides is 1. The molecule has 2 rings (SSSR count). The summed E-state index contributed by atoms with van der Waals surface area (Å²) >= 11 is 0. The Bertz CT molecular complexity index is 584. The lowest BCUT2D eigenvalue weighted by molar-refractivity contribution is -0.0671. The first-order valence-corrected chi connectivity index (χ1v) is 9.09. The van der Waals surface area contributed by atoms with Crippen LogP contribution in [0.15, 0.2) is 24.3 Å². The number of halogens is 1. The predicted octanol–water partition coefficient (Wildman–Crippen LogP) is 1.35. The zero-order chi connectivity index (χ0) is 16.2. The van der Waals surface area contributed by atoms with Crippen LogP contribution >= 0.6 is 0 Å². The van der Waals surface area contributed by atoms with E-state index in [1.165, 1.54) is 18.2 Å². The molecule has 5 nitrogen and oxygen atoms in total. The van der Waals surface area contributed by atoms with E-state index in [-0.39, 0.29) is 18.0 Å². The number of morpholine rings is 1. The molecule has 0 radical (unpaired) electrons. The fourth-order valence-corrected chi connectivity index (χ4v) is 3.85. The lowest BCUT2D eigenvalue weighted by Crippen LogP contribution is -2.47. The summed E-state index contributed by atoms with van der Waals surface area (Å²) < 4.78 is 45.3. The third kappa shape index (κ3) is 5.64. The first-order valence-electron chi connectivity index (χ1n) is 7.43. The molecule has 1 fully saturated rings. The smallest absolute Gasteiger partial charge is 0.215 e. The highest BCUT2D eigenvalue weighted by Gasteiger charge is 2.22. The van der Waals surface area contributed by atoms with Crippen molar-refractivity contribution in [2.24, 2.45) is 0 Å². The van der Waals surface area contributed by atoms with E-state index < -0.39 is 15.8 Å². The van der Waals surface area contributed by atoms with Crippen LogP contribution in [0.4, 0.5) is 4.39 Å². The molecule has 1 heterocycles. The number of hydrogen-bond donors (Lipinski definition) is 1. The molecule has 1 aliphatic heterocycles. The molecule has 7 heteroatoms. The van der Waals surface area contributed by atoms with Crippen LogP contribution in [0.2, 0.25) is 0 Å². The Balaban J connectivity index is 1.80. The summed E-state index contributed by atoms with van der Waals surface area (Å²) in [5.41, 5.74) is 0.445. The molecule has 1 aromatic rings. The molecular weight excluding hydrogens is 307 g/mol. The average molecular weight is 330 g/mol. The fourth-order valence-electron chi connectivity index (χ4n) is 2.72. The van der Waals surface area contributed by atoms with E-state index in [1.54, 1.807) is 6.07 Å². The normalized spacial score (nSPS) is 23.6. The summed E-state index contributed by atoms with van der Waals surface area (Å²) in [4.78, 5) is 2.18. The number of benzene rings is 1. The first-order chi connectivity index (χ1) is 10.3. The molecule has 0 bridgehead atoms. The molecule has 2 unspecified atom stereocenters. The number of nitrogens with zero attached hydrogens (tertiary/aromatic N) is 1. The highest BCUT2D eigenvalue weighted by atomic mass is 32.2. The predicted molar refractivity (Wildman–Crippen MR) is 83.5 cm³/mol. The molecule has 1 aromatic carbocycles. The lowest BCUT2D eigenvalue weighted by atomic mass is 10.2. The molecule has 0 amide bonds. The molecule has 124 valence electrons. The molecule has 22 heavy (non-hydrogen) atoms. The van der Waals surface area contributed by atoms with Crippen LogP contribution in [-0.2, 0) is 20.5 Å². The SMILES string of the molecule is CC1CN(CCNS(=O)(=O)Cc2cccc(F)c2)CC(C)O1. The van der Waals surface area contributed by atoms with Crippen molar-refractivity contribution in [3.05, 3.63) is 35.6 Å². The average Bonchev–Trinajstić information content (AvgIpc) is 2.36. The Morgan fingerprint density at radius 3 is 2.64 bits per heavy atom. The maximum atomic E-state index is 13.1. The monoisotopic (exact) mass is 330 g/mol. The Kier molecular flexibility index (Phi) is 5.91. The Labute approximate surface area is 131 Å². The van der Waals surface area contributed by atoms with Gasteiger partial charge in [0.25, 0.3) is 0 Å². The summed E-state index contributed by atoms with van der Waals surface area (Å²) in [7, 11) is -3.45. The van der Waals surface area contributed by atoms with Crippen LogP contribution in [0.5, 0.6) is 0 Å². The minimum absolute atomic E-state index is 0.160. The molecule has 0 spiro atoms. The number of rotatable bonds is 6. The van der Waals surface area contributed by atoms with Gasteiger partial charge < -0.3 is 4.74 Å². The van der Waals surface area contributed by atoms with Crippen molar-refractivity contribution < 1.29 is 17.5 Å². The molecule has 0 saturated carbocycles. The van der Waals surface area contributed by atoms with Crippen LogP contribution in [0.3, 0.4) is 0 Å². The molecule has 1 saturated heterocycles. The molecule has 0 aromatic heterocycles. The van der Waals surface area contributed by atoms with Gasteiger partial charge in [0, 0.05) is 26.2 Å². The van der Waals surface area contributed by atoms with Gasteiger partial charge in [-0.2, -0.15) is 0 Å². The van der Waals surface area contributed by atoms with Gasteiger partial charge in [-0.1, -0.05) is 12.1 Å². The van der Waals surface area contributed by atoms with Gasteiger partial charge in [0.2, 0.25) is 10.0 Å². The minimum atomic E-state index is -3.45. The van der Waals surface area contributed by atoms with Crippen molar-refractivity contribution in [1.29, 1.82) is 0 Å². The standard InChI is InChI=1S/C15H23FN2O3S/c1-12-9-18(10-13(2)21-12)7-6-17-22(19,20)11-14-4-3-5-15(16)8-14/h3-5,8,12-13,17H,6-7,9-11H2,1-2H3. The maximum Gasteiger partial charge on any atom is 0.215 e. The molecule has 1 aliphatic rings. The highest BCUT2D eigenvalue weighted by Crippen LogP contribution is 2.10. The quantitative estimate of drug-likeness (QED) is 0.855. The topological polar surface area (TPSA) is 58.6 Å². The molecule has 0 aliphatic carbocycles. The van der Waals surface area contributed by atoms with Crippen molar-refractivity contribution in [2.45, 2.75) is 31.8 Å². The summed E-state index contributed by atoms with van der Waals surface area (Å²) in [6.07, 6.45) is 0.320. The van der Waals surface area contributed by atoms with E-state index >= 15 is 0 Å². The van der Waals surface area contributed by atoms with Gasteiger partial charge in [-0.05, 0) is 31.5 Å². The van der Waals surface area contributed by atoms with Gasteiger partial charge in [-0.15, -0.1) is 0 Å². The zero-order valence-electron chi connectivity index (χ0n) is 13.0. The third-order valence-electron chi connectivity index (χ3n) is 3.49. The Morgan fingerprint density at radius 2 is 2.00 bits per heavy atom. The van der Waals surface area contributed by atoms with Crippen molar-refractivity contribution in [2.75, 3.05) is 26.2 Å². The van der Waals surface area contributed by atoms with E-state index in [4.69, 9.17) is 4.74 Å². The summed E-state index contributed by atoms with van der Waals surface area (Å²) in [5, 5.41) is 0. The van der Waals surface area contributed by atoms with E-state index in [0.29, 0.717) is 18.7 Å². The summed E-state index contributed by atoms with van der Waals surface area (Å²) in [6, 6.07) is 5.65. The number of nitrogens with one attached hydrogen (secondary N) is 1. The summed E-state index contributed by atoms with van der Waals surface area (Å²) in [5.74, 6) is -0.635. The van der Waals surface area contributed by atoms with Crippen molar-refractivity contribution in [3.63, 3.8) is 0 Å². The van der Waals surface area contributed by atoms with Crippen LogP contribution in [0, 0.1) is 5.82 Å². The van der Waals surface area contributed by atoms with Crippen LogP contribution < -0.4 is 4.72 Å². The Morgan fingerprint density at radius 1 is 1.32 bits per heavy atom. The largest absolute Gasteiger partial charge is 0.373 e. The second-order valence-corrected chi connectivity index (χ2v) is 7.61. The fraction of sp³-hybridized carbons (Fsp3) is 0.600. The second-order valence-electron chi connectivity index (χ2n) is 5.80.